The van der Waals surface area contributed by atoms with Gasteiger partial charge in [-0.15, -0.1) is 0 Å². The molecule has 0 saturated heterocycles. The standard InChI is InChI=1S/C15H13O2/c1-2-12-8-10-13(11-9-12)15(16)17-14-6-4-3-5-7-14/h4-11H,2H2,1H3. The summed E-state index contributed by atoms with van der Waals surface area (Å²) in [6.07, 6.45) is 0.962. The van der Waals surface area contributed by atoms with E-state index in [1.807, 2.05) is 12.1 Å². The lowest BCUT2D eigenvalue weighted by atomic mass is 10.1. The highest BCUT2D eigenvalue weighted by Gasteiger charge is 2.07. The molecule has 0 aliphatic rings. The lowest BCUT2D eigenvalue weighted by Gasteiger charge is -2.04. The molecule has 0 atom stereocenters. The average molecular weight is 225 g/mol. The molecule has 2 nitrogen and oxygen atoms in total. The predicted octanol–water partition coefficient (Wildman–Crippen LogP) is 3.27. The Hall–Kier alpha value is -2.09. The molecule has 0 heterocycles. The average Bonchev–Trinajstić information content (AvgIpc) is 2.40. The van der Waals surface area contributed by atoms with E-state index in [1.165, 1.54) is 5.56 Å². The van der Waals surface area contributed by atoms with E-state index >= 15 is 0 Å². The summed E-state index contributed by atoms with van der Waals surface area (Å²) < 4.78 is 5.21. The number of hydrogen-bond donors (Lipinski definition) is 0. The molecule has 0 N–H and O–H groups in total. The second-order valence-electron chi connectivity index (χ2n) is 3.68. The third-order valence-electron chi connectivity index (χ3n) is 2.50. The van der Waals surface area contributed by atoms with Crippen LogP contribution in [0.4, 0.5) is 0 Å². The van der Waals surface area contributed by atoms with Crippen molar-refractivity contribution in [1.82, 2.24) is 0 Å². The zero-order valence-electron chi connectivity index (χ0n) is 9.64. The van der Waals surface area contributed by atoms with Crippen LogP contribution in [-0.4, -0.2) is 5.97 Å². The minimum atomic E-state index is -0.334. The summed E-state index contributed by atoms with van der Waals surface area (Å²) >= 11 is 0. The molecule has 0 aliphatic carbocycles. The Morgan fingerprint density at radius 2 is 1.76 bits per heavy atom. The lowest BCUT2D eigenvalue weighted by Crippen LogP contribution is -2.08. The minimum Gasteiger partial charge on any atom is -0.423 e. The fourth-order valence-corrected chi connectivity index (χ4v) is 1.48. The van der Waals surface area contributed by atoms with Gasteiger partial charge in [-0.2, -0.15) is 0 Å². The molecular formula is C15H13O2. The summed E-state index contributed by atoms with van der Waals surface area (Å²) in [5, 5.41) is 0. The molecule has 2 aromatic carbocycles. The van der Waals surface area contributed by atoms with Crippen LogP contribution in [-0.2, 0) is 6.42 Å². The highest BCUT2D eigenvalue weighted by Crippen LogP contribution is 2.12. The molecule has 2 rings (SSSR count). The van der Waals surface area contributed by atoms with Crippen LogP contribution in [0.15, 0.2) is 48.5 Å². The summed E-state index contributed by atoms with van der Waals surface area (Å²) in [7, 11) is 0. The molecule has 0 amide bonds. The van der Waals surface area contributed by atoms with Crippen LogP contribution < -0.4 is 4.74 Å². The summed E-state index contributed by atoms with van der Waals surface area (Å²) in [5.41, 5.74) is 1.77. The van der Waals surface area contributed by atoms with Crippen molar-refractivity contribution in [2.75, 3.05) is 0 Å². The Morgan fingerprint density at radius 1 is 1.12 bits per heavy atom. The van der Waals surface area contributed by atoms with Gasteiger partial charge in [0.25, 0.3) is 0 Å². The van der Waals surface area contributed by atoms with Gasteiger partial charge in [-0.05, 0) is 42.3 Å². The highest BCUT2D eigenvalue weighted by atomic mass is 16.5. The Balaban J connectivity index is 2.09. The fraction of sp³-hybridized carbons (Fsp3) is 0.133. The first-order valence-electron chi connectivity index (χ1n) is 5.57. The van der Waals surface area contributed by atoms with E-state index in [4.69, 9.17) is 4.74 Å². The molecule has 2 aromatic rings. The predicted molar refractivity (Wildman–Crippen MR) is 66.1 cm³/mol. The molecule has 0 fully saturated rings. The number of aryl methyl sites for hydroxylation is 1. The van der Waals surface area contributed by atoms with Gasteiger partial charge in [0, 0.05) is 0 Å². The molecule has 0 bridgehead atoms. The van der Waals surface area contributed by atoms with E-state index < -0.39 is 0 Å². The topological polar surface area (TPSA) is 26.3 Å². The van der Waals surface area contributed by atoms with Crippen molar-refractivity contribution >= 4 is 5.97 Å². The van der Waals surface area contributed by atoms with Gasteiger partial charge in [0.05, 0.1) is 5.56 Å². The number of carbonyl (C=O) groups is 1. The van der Waals surface area contributed by atoms with Crippen molar-refractivity contribution in [3.05, 3.63) is 65.7 Å². The SMILES string of the molecule is CCc1ccc(C(=O)Oc2cc[c]cc2)cc1. The third kappa shape index (κ3) is 2.94. The van der Waals surface area contributed by atoms with Gasteiger partial charge < -0.3 is 4.74 Å². The molecule has 0 aliphatic heterocycles. The maximum atomic E-state index is 11.8. The molecule has 85 valence electrons. The summed E-state index contributed by atoms with van der Waals surface area (Å²) in [4.78, 5) is 11.8. The minimum absolute atomic E-state index is 0.334. The van der Waals surface area contributed by atoms with Crippen LogP contribution in [0.5, 0.6) is 5.75 Å². The molecule has 0 spiro atoms. The first-order valence-corrected chi connectivity index (χ1v) is 5.57. The van der Waals surface area contributed by atoms with Gasteiger partial charge in [-0.25, -0.2) is 4.79 Å². The molecule has 17 heavy (non-hydrogen) atoms. The van der Waals surface area contributed by atoms with Crippen LogP contribution in [0.1, 0.15) is 22.8 Å². The number of esters is 1. The van der Waals surface area contributed by atoms with Crippen molar-refractivity contribution in [2.24, 2.45) is 0 Å². The Bertz CT molecular complexity index is 486. The van der Waals surface area contributed by atoms with Crippen molar-refractivity contribution in [3.8, 4) is 5.75 Å². The normalized spacial score (nSPS) is 9.94. The zero-order chi connectivity index (χ0) is 12.1. The van der Waals surface area contributed by atoms with E-state index in [0.717, 1.165) is 6.42 Å². The molecule has 2 heteroatoms. The fourth-order valence-electron chi connectivity index (χ4n) is 1.48. The van der Waals surface area contributed by atoms with Gasteiger partial charge in [-0.1, -0.05) is 31.2 Å². The van der Waals surface area contributed by atoms with Gasteiger partial charge in [-0.3, -0.25) is 0 Å². The van der Waals surface area contributed by atoms with Crippen molar-refractivity contribution in [3.63, 3.8) is 0 Å². The molecular weight excluding hydrogens is 212 g/mol. The van der Waals surface area contributed by atoms with Crippen LogP contribution in [0.3, 0.4) is 0 Å². The number of ether oxygens (including phenoxy) is 1. The van der Waals surface area contributed by atoms with E-state index in [1.54, 1.807) is 36.4 Å². The number of carbonyl (C=O) groups excluding carboxylic acids is 1. The van der Waals surface area contributed by atoms with Gasteiger partial charge in [0.1, 0.15) is 5.75 Å². The second-order valence-corrected chi connectivity index (χ2v) is 3.68. The van der Waals surface area contributed by atoms with E-state index in [0.29, 0.717) is 11.3 Å². The number of benzene rings is 2. The Kier molecular flexibility index (Phi) is 3.55. The van der Waals surface area contributed by atoms with Crippen LogP contribution in [0.25, 0.3) is 0 Å². The number of hydrogen-bond acceptors (Lipinski definition) is 2. The van der Waals surface area contributed by atoms with Crippen molar-refractivity contribution in [2.45, 2.75) is 13.3 Å². The van der Waals surface area contributed by atoms with Crippen LogP contribution in [0.2, 0.25) is 0 Å². The highest BCUT2D eigenvalue weighted by molar-refractivity contribution is 5.91. The van der Waals surface area contributed by atoms with E-state index in [-0.39, 0.29) is 5.97 Å². The second kappa shape index (κ2) is 5.30. The first-order chi connectivity index (χ1) is 8.29. The smallest absolute Gasteiger partial charge is 0.343 e. The van der Waals surface area contributed by atoms with Crippen LogP contribution in [0, 0.1) is 6.07 Å². The van der Waals surface area contributed by atoms with E-state index in [9.17, 15) is 4.79 Å². The number of rotatable bonds is 3. The summed E-state index contributed by atoms with van der Waals surface area (Å²) in [5.74, 6) is 0.201. The lowest BCUT2D eigenvalue weighted by molar-refractivity contribution is 0.0735. The monoisotopic (exact) mass is 225 g/mol. The van der Waals surface area contributed by atoms with E-state index in [2.05, 4.69) is 13.0 Å². The third-order valence-corrected chi connectivity index (χ3v) is 2.50. The molecule has 1 radical (unpaired) electrons. The first kappa shape index (κ1) is 11.4. The quantitative estimate of drug-likeness (QED) is 0.592. The Morgan fingerprint density at radius 3 is 2.35 bits per heavy atom. The van der Waals surface area contributed by atoms with Crippen molar-refractivity contribution < 1.29 is 9.53 Å². The molecule has 0 aromatic heterocycles. The molecule has 0 unspecified atom stereocenters. The van der Waals surface area contributed by atoms with Gasteiger partial charge in [0.15, 0.2) is 0 Å². The maximum Gasteiger partial charge on any atom is 0.343 e. The molecule has 0 saturated carbocycles. The maximum absolute atomic E-state index is 11.8. The summed E-state index contributed by atoms with van der Waals surface area (Å²) in [6, 6.07) is 17.2. The largest absolute Gasteiger partial charge is 0.423 e. The van der Waals surface area contributed by atoms with Crippen LogP contribution >= 0.6 is 0 Å². The van der Waals surface area contributed by atoms with Gasteiger partial charge in [0.2, 0.25) is 0 Å². The van der Waals surface area contributed by atoms with Gasteiger partial charge >= 0.3 is 5.97 Å². The summed E-state index contributed by atoms with van der Waals surface area (Å²) in [6.45, 7) is 2.08. The zero-order valence-corrected chi connectivity index (χ0v) is 9.64. The van der Waals surface area contributed by atoms with Crippen molar-refractivity contribution in [1.29, 1.82) is 0 Å². The Labute approximate surface area is 101 Å².